The quantitative estimate of drug-likeness (QED) is 0.498. The number of nitrogens with one attached hydrogen (secondary N) is 1. The van der Waals surface area contributed by atoms with Crippen molar-refractivity contribution in [2.45, 2.75) is 25.3 Å². The van der Waals surface area contributed by atoms with Crippen molar-refractivity contribution < 1.29 is 9.59 Å². The number of para-hydroxylation sites is 1. The lowest BCUT2D eigenvalue weighted by atomic mass is 10.0. The molecule has 1 aliphatic heterocycles. The number of rotatable bonds is 6. The number of hydrogen-bond acceptors (Lipinski definition) is 3. The Morgan fingerprint density at radius 2 is 2.20 bits per heavy atom. The van der Waals surface area contributed by atoms with E-state index in [9.17, 15) is 9.59 Å². The molecule has 0 saturated carbocycles. The topological polar surface area (TPSA) is 49.4 Å². The van der Waals surface area contributed by atoms with E-state index in [1.54, 1.807) is 10.4 Å². The molecule has 4 nitrogen and oxygen atoms in total. The summed E-state index contributed by atoms with van der Waals surface area (Å²) in [6, 6.07) is 9.68. The van der Waals surface area contributed by atoms with Crippen molar-refractivity contribution in [1.82, 2.24) is 4.31 Å². The Bertz CT molecular complexity index is 502. The molecule has 2 amide bonds. The van der Waals surface area contributed by atoms with Gasteiger partial charge in [0.1, 0.15) is 0 Å². The van der Waals surface area contributed by atoms with Gasteiger partial charge in [0.15, 0.2) is 0 Å². The van der Waals surface area contributed by atoms with Crippen molar-refractivity contribution >= 4 is 29.4 Å². The van der Waals surface area contributed by atoms with Crippen molar-refractivity contribution in [3.63, 3.8) is 0 Å². The average Bonchev–Trinajstić information content (AvgIpc) is 2.43. The van der Waals surface area contributed by atoms with Crippen LogP contribution in [0.5, 0.6) is 0 Å². The Hall–Kier alpha value is -1.75. The summed E-state index contributed by atoms with van der Waals surface area (Å²) < 4.78 is 1.80. The van der Waals surface area contributed by atoms with Gasteiger partial charge in [-0.15, -0.1) is 0 Å². The fraction of sp³-hybridized carbons (Fsp3) is 0.333. The molecule has 0 bridgehead atoms. The van der Waals surface area contributed by atoms with Gasteiger partial charge in [-0.2, -0.15) is 0 Å². The first-order valence-corrected chi connectivity index (χ1v) is 7.77. The van der Waals surface area contributed by atoms with Gasteiger partial charge >= 0.3 is 0 Å². The zero-order chi connectivity index (χ0) is 14.4. The van der Waals surface area contributed by atoms with Gasteiger partial charge in [-0.25, -0.2) is 0 Å². The molecule has 5 heteroatoms. The van der Waals surface area contributed by atoms with E-state index in [2.05, 4.69) is 5.32 Å². The van der Waals surface area contributed by atoms with E-state index < -0.39 is 0 Å². The first-order chi connectivity index (χ1) is 9.70. The van der Waals surface area contributed by atoms with Gasteiger partial charge in [0.2, 0.25) is 11.8 Å². The summed E-state index contributed by atoms with van der Waals surface area (Å²) >= 11 is 1.47. The number of nitrogens with zero attached hydrogens (tertiary/aromatic N) is 1. The maximum atomic E-state index is 11.6. The largest absolute Gasteiger partial charge is 0.323 e. The minimum atomic E-state index is -0.123. The second-order valence-electron chi connectivity index (χ2n) is 4.60. The molecule has 1 saturated heterocycles. The molecule has 1 aromatic rings. The van der Waals surface area contributed by atoms with E-state index >= 15 is 0 Å². The number of carbonyl (C=O) groups is 2. The smallest absolute Gasteiger partial charge is 0.248 e. The molecular weight excluding hydrogens is 272 g/mol. The molecule has 1 atom stereocenters. The molecule has 1 heterocycles. The SMILES string of the molecule is CSN1C(=O)C[C@@H]1CC/C=C/C(=O)Nc1ccccc1. The van der Waals surface area contributed by atoms with E-state index in [-0.39, 0.29) is 11.8 Å². The van der Waals surface area contributed by atoms with Crippen LogP contribution in [-0.2, 0) is 9.59 Å². The van der Waals surface area contributed by atoms with Crippen LogP contribution in [-0.4, -0.2) is 28.4 Å². The Labute approximate surface area is 123 Å². The van der Waals surface area contributed by atoms with Gasteiger partial charge in [0.25, 0.3) is 0 Å². The first-order valence-electron chi connectivity index (χ1n) is 6.59. The predicted octanol–water partition coefficient (Wildman–Crippen LogP) is 2.84. The van der Waals surface area contributed by atoms with Crippen LogP contribution in [0.1, 0.15) is 19.3 Å². The Balaban J connectivity index is 1.69. The van der Waals surface area contributed by atoms with Crippen molar-refractivity contribution in [1.29, 1.82) is 0 Å². The van der Waals surface area contributed by atoms with E-state index in [1.807, 2.05) is 42.7 Å². The maximum Gasteiger partial charge on any atom is 0.248 e. The zero-order valence-electron chi connectivity index (χ0n) is 11.4. The molecule has 0 radical (unpaired) electrons. The fourth-order valence-electron chi connectivity index (χ4n) is 2.12. The van der Waals surface area contributed by atoms with Crippen molar-refractivity contribution in [3.05, 3.63) is 42.5 Å². The number of hydrogen-bond donors (Lipinski definition) is 1. The number of allylic oxidation sites excluding steroid dienone is 1. The number of β-lactam (4-membered cyclic amide) rings is 1. The Morgan fingerprint density at radius 3 is 2.85 bits per heavy atom. The summed E-state index contributed by atoms with van der Waals surface area (Å²) in [4.78, 5) is 22.9. The minimum Gasteiger partial charge on any atom is -0.323 e. The molecule has 0 aliphatic carbocycles. The number of carbonyl (C=O) groups excluding carboxylic acids is 2. The Morgan fingerprint density at radius 1 is 1.45 bits per heavy atom. The highest BCUT2D eigenvalue weighted by Gasteiger charge is 2.34. The van der Waals surface area contributed by atoms with Crippen molar-refractivity contribution in [2.24, 2.45) is 0 Å². The third kappa shape index (κ3) is 3.87. The van der Waals surface area contributed by atoms with Gasteiger partial charge in [0.05, 0.1) is 6.04 Å². The van der Waals surface area contributed by atoms with Crippen LogP contribution in [0.2, 0.25) is 0 Å². The van der Waals surface area contributed by atoms with Crippen LogP contribution in [0.3, 0.4) is 0 Å². The molecule has 20 heavy (non-hydrogen) atoms. The van der Waals surface area contributed by atoms with Gasteiger partial charge in [-0.05, 0) is 31.1 Å². The fourth-order valence-corrected chi connectivity index (χ4v) is 2.88. The van der Waals surface area contributed by atoms with Gasteiger partial charge in [0, 0.05) is 18.4 Å². The molecule has 1 fully saturated rings. The van der Waals surface area contributed by atoms with E-state index in [4.69, 9.17) is 0 Å². The maximum absolute atomic E-state index is 11.6. The summed E-state index contributed by atoms with van der Waals surface area (Å²) in [6.45, 7) is 0. The van der Waals surface area contributed by atoms with Crippen molar-refractivity contribution in [2.75, 3.05) is 11.6 Å². The van der Waals surface area contributed by atoms with E-state index in [0.717, 1.165) is 18.5 Å². The van der Waals surface area contributed by atoms with Crippen LogP contribution in [0, 0.1) is 0 Å². The van der Waals surface area contributed by atoms with Crippen LogP contribution >= 0.6 is 11.9 Å². The number of benzene rings is 1. The third-order valence-electron chi connectivity index (χ3n) is 3.16. The first kappa shape index (κ1) is 14.7. The summed E-state index contributed by atoms with van der Waals surface area (Å²) in [7, 11) is 0. The molecular formula is C15H18N2O2S. The zero-order valence-corrected chi connectivity index (χ0v) is 12.2. The lowest BCUT2D eigenvalue weighted by Gasteiger charge is -2.38. The minimum absolute atomic E-state index is 0.123. The van der Waals surface area contributed by atoms with Gasteiger partial charge < -0.3 is 5.32 Å². The molecule has 1 aromatic carbocycles. The van der Waals surface area contributed by atoms with Crippen LogP contribution in [0.25, 0.3) is 0 Å². The second-order valence-corrected chi connectivity index (χ2v) is 5.35. The second kappa shape index (κ2) is 7.14. The van der Waals surface area contributed by atoms with Crippen LogP contribution < -0.4 is 5.32 Å². The molecule has 0 unspecified atom stereocenters. The Kier molecular flexibility index (Phi) is 5.24. The highest BCUT2D eigenvalue weighted by atomic mass is 32.2. The molecule has 1 aliphatic rings. The summed E-state index contributed by atoms with van der Waals surface area (Å²) in [5, 5.41) is 2.79. The molecule has 2 rings (SSSR count). The van der Waals surface area contributed by atoms with Gasteiger partial charge in [-0.3, -0.25) is 13.9 Å². The monoisotopic (exact) mass is 290 g/mol. The molecule has 0 aromatic heterocycles. The normalized spacial score (nSPS) is 18.1. The third-order valence-corrected chi connectivity index (χ3v) is 4.06. The van der Waals surface area contributed by atoms with Crippen molar-refractivity contribution in [3.8, 4) is 0 Å². The highest BCUT2D eigenvalue weighted by molar-refractivity contribution is 7.96. The summed E-state index contributed by atoms with van der Waals surface area (Å²) in [6.07, 6.45) is 7.66. The van der Waals surface area contributed by atoms with Crippen LogP contribution in [0.4, 0.5) is 5.69 Å². The lowest BCUT2D eigenvalue weighted by molar-refractivity contribution is -0.136. The lowest BCUT2D eigenvalue weighted by Crippen LogP contribution is -2.47. The number of amides is 2. The van der Waals surface area contributed by atoms with E-state index in [0.29, 0.717) is 12.5 Å². The summed E-state index contributed by atoms with van der Waals surface area (Å²) in [5.74, 6) is 0.0795. The standard InChI is InChI=1S/C15H18N2O2S/c1-20-17-13(11-15(17)19)9-5-6-10-14(18)16-12-7-3-2-4-8-12/h2-4,6-8,10,13H,5,9,11H2,1H3,(H,16,18)/b10-6+/t13-/m0/s1. The number of anilines is 1. The highest BCUT2D eigenvalue weighted by Crippen LogP contribution is 2.29. The molecule has 106 valence electrons. The van der Waals surface area contributed by atoms with E-state index in [1.165, 1.54) is 11.9 Å². The predicted molar refractivity (Wildman–Crippen MR) is 82.2 cm³/mol. The summed E-state index contributed by atoms with van der Waals surface area (Å²) in [5.41, 5.74) is 0.792. The van der Waals surface area contributed by atoms with Gasteiger partial charge in [-0.1, -0.05) is 36.2 Å². The molecule has 0 spiro atoms. The average molecular weight is 290 g/mol. The molecule has 1 N–H and O–H groups in total. The van der Waals surface area contributed by atoms with Crippen LogP contribution in [0.15, 0.2) is 42.5 Å².